The quantitative estimate of drug-likeness (QED) is 0.324. The van der Waals surface area contributed by atoms with E-state index in [4.69, 9.17) is 4.42 Å². The van der Waals surface area contributed by atoms with Gasteiger partial charge in [-0.3, -0.25) is 4.79 Å². The number of nitrogens with zero attached hydrogens (tertiary/aromatic N) is 2. The second-order valence-electron chi connectivity index (χ2n) is 8.80. The number of amidine groups is 1. The number of aromatic nitrogens is 1. The van der Waals surface area contributed by atoms with E-state index in [1.807, 2.05) is 13.8 Å². The van der Waals surface area contributed by atoms with Gasteiger partial charge in [0.1, 0.15) is 32.3 Å². The smallest absolute Gasteiger partial charge is 0.287 e. The Balaban J connectivity index is 1.67. The molecule has 0 saturated heterocycles. The average molecular weight is 539 g/mol. The monoisotopic (exact) mass is 538 g/mol. The minimum Gasteiger partial charge on any atom is -0.506 e. The molecular weight excluding hydrogens is 516 g/mol. The van der Waals surface area contributed by atoms with E-state index in [9.17, 15) is 26.7 Å². The maximum atomic E-state index is 13.6. The lowest BCUT2D eigenvalue weighted by atomic mass is 10.1. The van der Waals surface area contributed by atoms with Crippen molar-refractivity contribution in [3.05, 3.63) is 39.0 Å². The molecule has 14 heteroatoms. The maximum absolute atomic E-state index is 13.6. The number of fused-ring (bicyclic) bond motifs is 6. The molecule has 1 aliphatic heterocycles. The normalized spacial score (nSPS) is 15.6. The highest BCUT2D eigenvalue weighted by molar-refractivity contribution is 7.91. The molecule has 5 heterocycles. The van der Waals surface area contributed by atoms with Crippen molar-refractivity contribution in [3.63, 3.8) is 0 Å². The van der Waals surface area contributed by atoms with Crippen LogP contribution in [0.2, 0.25) is 0 Å². The molecule has 0 radical (unpaired) electrons. The first-order valence-corrected chi connectivity index (χ1v) is 14.9. The topological polar surface area (TPSA) is 160 Å². The van der Waals surface area contributed by atoms with Crippen molar-refractivity contribution in [3.8, 4) is 5.75 Å². The molecule has 2 bridgehead atoms. The fourth-order valence-electron chi connectivity index (χ4n) is 4.10. The molecule has 0 unspecified atom stereocenters. The van der Waals surface area contributed by atoms with Crippen molar-refractivity contribution in [1.82, 2.24) is 9.29 Å². The Bertz CT molecular complexity index is 1780. The third kappa shape index (κ3) is 3.99. The van der Waals surface area contributed by atoms with Gasteiger partial charge in [-0.05, 0) is 29.9 Å². The standard InChI is InChI=1S/C21H22N4O7S3/c1-10(2)6-7-25-16-13-5-4-12(32-13)14(16)17(26)15(21(25)27)19-23-20-18(35(30,31)24-19)11(9-33-20)8-22-34(3,28)29/h4-5,9-10,22,26H,6-8H2,1-3H3,(H,23,24). The fraction of sp³-hybridized carbons (Fsp3) is 0.333. The molecule has 1 aliphatic rings. The number of rotatable bonds is 7. The van der Waals surface area contributed by atoms with Gasteiger partial charge in [-0.15, -0.1) is 15.7 Å². The molecule has 0 fully saturated rings. The molecule has 0 saturated carbocycles. The number of pyridine rings is 1. The Morgan fingerprint density at radius 2 is 2.00 bits per heavy atom. The molecule has 3 N–H and O–H groups in total. The van der Waals surface area contributed by atoms with Gasteiger partial charge >= 0.3 is 0 Å². The molecule has 11 nitrogen and oxygen atoms in total. The Morgan fingerprint density at radius 3 is 2.69 bits per heavy atom. The number of sulfonamides is 2. The summed E-state index contributed by atoms with van der Waals surface area (Å²) in [7, 11) is -7.86. The number of aryl methyl sites for hydroxylation is 1. The first-order chi connectivity index (χ1) is 16.4. The van der Waals surface area contributed by atoms with Gasteiger partial charge in [-0.25, -0.2) is 13.1 Å². The third-order valence-electron chi connectivity index (χ3n) is 5.74. The summed E-state index contributed by atoms with van der Waals surface area (Å²) in [5.41, 5.74) is 0.633. The predicted octanol–water partition coefficient (Wildman–Crippen LogP) is 2.61. The van der Waals surface area contributed by atoms with Crippen LogP contribution in [0.3, 0.4) is 0 Å². The van der Waals surface area contributed by atoms with Crippen LogP contribution in [-0.4, -0.2) is 38.6 Å². The summed E-state index contributed by atoms with van der Waals surface area (Å²) >= 11 is 1.03. The number of thiophene rings is 1. The van der Waals surface area contributed by atoms with E-state index in [1.54, 1.807) is 12.1 Å². The van der Waals surface area contributed by atoms with Crippen molar-refractivity contribution >= 4 is 64.3 Å². The van der Waals surface area contributed by atoms with Gasteiger partial charge in [-0.2, -0.15) is 8.42 Å². The zero-order valence-corrected chi connectivity index (χ0v) is 21.4. The summed E-state index contributed by atoms with van der Waals surface area (Å²) in [6.07, 6.45) is 1.64. The minimum atomic E-state index is -4.31. The van der Waals surface area contributed by atoms with Gasteiger partial charge in [0, 0.05) is 18.7 Å². The molecule has 186 valence electrons. The number of anilines is 1. The van der Waals surface area contributed by atoms with Crippen molar-refractivity contribution in [2.24, 2.45) is 10.3 Å². The number of nitrogens with one attached hydrogen (secondary N) is 2. The lowest BCUT2D eigenvalue weighted by Crippen LogP contribution is -2.32. The van der Waals surface area contributed by atoms with E-state index in [0.29, 0.717) is 41.0 Å². The zero-order valence-electron chi connectivity index (χ0n) is 18.9. The lowest BCUT2D eigenvalue weighted by Gasteiger charge is -2.19. The second-order valence-corrected chi connectivity index (χ2v) is 13.1. The minimum absolute atomic E-state index is 0.168. The summed E-state index contributed by atoms with van der Waals surface area (Å²) in [6, 6.07) is 3.39. The van der Waals surface area contributed by atoms with Gasteiger partial charge in [0.25, 0.3) is 15.6 Å². The number of aromatic hydroxyl groups is 1. The Labute approximate surface area is 204 Å². The molecule has 0 spiro atoms. The van der Waals surface area contributed by atoms with Gasteiger partial charge in [0.15, 0.2) is 11.4 Å². The van der Waals surface area contributed by atoms with E-state index >= 15 is 0 Å². The van der Waals surface area contributed by atoms with Gasteiger partial charge in [-0.1, -0.05) is 13.8 Å². The molecule has 0 aliphatic carbocycles. The van der Waals surface area contributed by atoms with Crippen molar-refractivity contribution in [1.29, 1.82) is 0 Å². The molecule has 0 atom stereocenters. The fourth-order valence-corrected chi connectivity index (χ4v) is 7.12. The van der Waals surface area contributed by atoms with Crippen molar-refractivity contribution < 1.29 is 26.4 Å². The Morgan fingerprint density at radius 1 is 1.29 bits per heavy atom. The Kier molecular flexibility index (Phi) is 5.47. The molecule has 4 aromatic rings. The number of furan rings is 2. The summed E-state index contributed by atoms with van der Waals surface area (Å²) in [5, 5.41) is 16.0. The van der Waals surface area contributed by atoms with Crippen molar-refractivity contribution in [2.75, 3.05) is 11.6 Å². The summed E-state index contributed by atoms with van der Waals surface area (Å²) in [4.78, 5) is 13.4. The molecule has 0 aromatic carbocycles. The van der Waals surface area contributed by atoms with Gasteiger partial charge < -0.3 is 19.4 Å². The first kappa shape index (κ1) is 23.8. The SMILES string of the molecule is CC(C)CCn1c(=O)c(C2=NS(=O)(=O)c3c(CNS(C)(=O)=O)csc3N2)c(O)c2c3ccc(o3)c21. The van der Waals surface area contributed by atoms with Crippen LogP contribution in [0.15, 0.2) is 36.0 Å². The Hall–Kier alpha value is -2.94. The van der Waals surface area contributed by atoms with Crippen molar-refractivity contribution in [2.45, 2.75) is 38.3 Å². The molecule has 5 rings (SSSR count). The molecular formula is C21H22N4O7S3. The third-order valence-corrected chi connectivity index (χ3v) is 8.88. The van der Waals surface area contributed by atoms with Crippen LogP contribution >= 0.6 is 11.3 Å². The van der Waals surface area contributed by atoms with Crippen LogP contribution in [0.25, 0.3) is 22.1 Å². The lowest BCUT2D eigenvalue weighted by molar-refractivity contribution is 0.474. The van der Waals surface area contributed by atoms with Crippen LogP contribution in [0.1, 0.15) is 31.4 Å². The predicted molar refractivity (Wildman–Crippen MR) is 134 cm³/mol. The van der Waals surface area contributed by atoms with E-state index < -0.39 is 31.4 Å². The van der Waals surface area contributed by atoms with Crippen LogP contribution in [0, 0.1) is 5.92 Å². The first-order valence-electron chi connectivity index (χ1n) is 10.6. The highest BCUT2D eigenvalue weighted by Crippen LogP contribution is 2.41. The van der Waals surface area contributed by atoms with Gasteiger partial charge in [0.05, 0.1) is 11.6 Å². The largest absolute Gasteiger partial charge is 0.506 e. The van der Waals surface area contributed by atoms with E-state index in [0.717, 1.165) is 17.6 Å². The number of hydrogen-bond donors (Lipinski definition) is 3. The van der Waals surface area contributed by atoms with Crippen LogP contribution in [0.4, 0.5) is 5.00 Å². The second kappa shape index (κ2) is 8.05. The van der Waals surface area contributed by atoms with Gasteiger partial charge in [0.2, 0.25) is 10.0 Å². The highest BCUT2D eigenvalue weighted by atomic mass is 32.2. The van der Waals surface area contributed by atoms with E-state index in [2.05, 4.69) is 14.4 Å². The van der Waals surface area contributed by atoms with Crippen LogP contribution in [0.5, 0.6) is 5.75 Å². The highest BCUT2D eigenvalue weighted by Gasteiger charge is 2.34. The summed E-state index contributed by atoms with van der Waals surface area (Å²) in [6.45, 7) is 4.14. The molecule has 4 aromatic heterocycles. The molecule has 35 heavy (non-hydrogen) atoms. The average Bonchev–Trinajstić information content (AvgIpc) is 3.46. The number of benzene rings is 1. The van der Waals surface area contributed by atoms with Crippen LogP contribution in [-0.2, 0) is 33.1 Å². The molecule has 0 amide bonds. The summed E-state index contributed by atoms with van der Waals surface area (Å²) < 4.78 is 62.4. The zero-order chi connectivity index (χ0) is 25.3. The van der Waals surface area contributed by atoms with E-state index in [-0.39, 0.29) is 33.4 Å². The number of hydrogen-bond acceptors (Lipinski definition) is 9. The van der Waals surface area contributed by atoms with Crippen LogP contribution < -0.4 is 15.6 Å². The summed E-state index contributed by atoms with van der Waals surface area (Å²) in [5.74, 6) is -0.427. The van der Waals surface area contributed by atoms with E-state index in [1.165, 1.54) is 9.95 Å². The maximum Gasteiger partial charge on any atom is 0.287 e.